The maximum absolute atomic E-state index is 14.3. The zero-order valence-electron chi connectivity index (χ0n) is 44.6. The number of likely N-dealkylation sites (tertiary alicyclic amines) is 2. The molecular weight excluding hydrogens is 972 g/mol. The summed E-state index contributed by atoms with van der Waals surface area (Å²) < 4.78 is 88.4. The van der Waals surface area contributed by atoms with Crippen molar-refractivity contribution in [3.8, 4) is 0 Å². The summed E-state index contributed by atoms with van der Waals surface area (Å²) in [5, 5.41) is 8.02. The van der Waals surface area contributed by atoms with Crippen LogP contribution in [0.1, 0.15) is 165 Å². The Hall–Kier alpha value is -6.22. The molecule has 2 unspecified atom stereocenters. The topological polar surface area (TPSA) is 93.8 Å². The molecule has 0 bridgehead atoms. The van der Waals surface area contributed by atoms with Crippen molar-refractivity contribution in [2.45, 2.75) is 156 Å². The summed E-state index contributed by atoms with van der Waals surface area (Å²) in [6.07, 6.45) is 6.65. The molecule has 5 aromatic rings. The molecule has 0 spiro atoms. The van der Waals surface area contributed by atoms with Crippen LogP contribution >= 0.6 is 0 Å². The number of piperidine rings is 2. The van der Waals surface area contributed by atoms with Gasteiger partial charge in [-0.3, -0.25) is 19.3 Å². The summed E-state index contributed by atoms with van der Waals surface area (Å²) in [6.45, 7) is 16.1. The highest BCUT2D eigenvalue weighted by atomic mass is 19.4. The Morgan fingerprint density at radius 1 is 0.600 bits per heavy atom. The fourth-order valence-corrected chi connectivity index (χ4v) is 9.79. The highest BCUT2D eigenvalue weighted by Crippen LogP contribution is 2.36. The number of hydrogen-bond acceptors (Lipinski definition) is 5. The summed E-state index contributed by atoms with van der Waals surface area (Å²) in [4.78, 5) is 37.6. The average Bonchev–Trinajstić information content (AvgIpc) is 3.92. The second kappa shape index (κ2) is 30.4. The minimum absolute atomic E-state index is 0.0379. The minimum atomic E-state index is -4.38. The Balaban J connectivity index is 0.000000220. The first kappa shape index (κ1) is 61.3. The third-order valence-corrected chi connectivity index (χ3v) is 13.7. The quantitative estimate of drug-likeness (QED) is 0.0855. The van der Waals surface area contributed by atoms with Crippen molar-refractivity contribution in [3.05, 3.63) is 159 Å². The molecule has 15 heteroatoms. The normalized spacial score (nSPS) is 16.7. The fraction of sp³-hybridized carbons (Fsp3) is 0.450. The largest absolute Gasteiger partial charge is 0.416 e. The van der Waals surface area contributed by atoms with Crippen LogP contribution in [0.15, 0.2) is 103 Å². The summed E-state index contributed by atoms with van der Waals surface area (Å²) in [7, 11) is 0. The van der Waals surface area contributed by atoms with Gasteiger partial charge in [-0.2, -0.15) is 26.3 Å². The average molecular weight is 1050 g/mol. The van der Waals surface area contributed by atoms with E-state index in [1.807, 2.05) is 18.7 Å². The monoisotopic (exact) mass is 1050 g/mol. The van der Waals surface area contributed by atoms with E-state index in [1.165, 1.54) is 119 Å². The van der Waals surface area contributed by atoms with Crippen LogP contribution < -0.4 is 16.0 Å². The van der Waals surface area contributed by atoms with Gasteiger partial charge in [0.2, 0.25) is 12.8 Å². The Morgan fingerprint density at radius 3 is 1.57 bits per heavy atom. The van der Waals surface area contributed by atoms with E-state index in [1.54, 1.807) is 19.1 Å². The van der Waals surface area contributed by atoms with Crippen molar-refractivity contribution < 1.29 is 45.1 Å². The van der Waals surface area contributed by atoms with E-state index >= 15 is 0 Å². The van der Waals surface area contributed by atoms with Crippen LogP contribution in [0.4, 0.5) is 47.8 Å². The maximum Gasteiger partial charge on any atom is 0.416 e. The molecule has 3 N–H and O–H groups in total. The zero-order valence-corrected chi connectivity index (χ0v) is 44.6. The number of nitrogens with zero attached hydrogens (tertiary/aromatic N) is 2. The van der Waals surface area contributed by atoms with Crippen molar-refractivity contribution in [2.75, 3.05) is 35.6 Å². The van der Waals surface area contributed by atoms with Crippen LogP contribution in [0.3, 0.4) is 0 Å². The first-order valence-corrected chi connectivity index (χ1v) is 26.4. The molecule has 0 aromatic heterocycles. The first-order chi connectivity index (χ1) is 35.9. The third-order valence-electron chi connectivity index (χ3n) is 13.7. The molecule has 408 valence electrons. The van der Waals surface area contributed by atoms with Gasteiger partial charge < -0.3 is 20.9 Å². The van der Waals surface area contributed by atoms with E-state index in [2.05, 4.69) is 83.2 Å². The van der Waals surface area contributed by atoms with Gasteiger partial charge in [0.25, 0.3) is 5.91 Å². The molecule has 2 atom stereocenters. The number of carbonyl (C=O) groups is 3. The van der Waals surface area contributed by atoms with Gasteiger partial charge in [-0.05, 0) is 161 Å². The number of hydrogen-bond donors (Lipinski definition) is 3. The van der Waals surface area contributed by atoms with Crippen LogP contribution in [0.5, 0.6) is 0 Å². The summed E-state index contributed by atoms with van der Waals surface area (Å²) in [6, 6.07) is 31.3. The molecule has 5 aromatic carbocycles. The summed E-state index contributed by atoms with van der Waals surface area (Å²) in [5.74, 6) is -0.606. The Kier molecular flexibility index (Phi) is 24.8. The molecule has 0 radical (unpaired) electrons. The van der Waals surface area contributed by atoms with Crippen LogP contribution in [-0.4, -0.2) is 54.2 Å². The molecule has 2 aliphatic heterocycles. The van der Waals surface area contributed by atoms with E-state index < -0.39 is 29.3 Å². The molecule has 3 aliphatic rings. The summed E-state index contributed by atoms with van der Waals surface area (Å²) in [5.41, 5.74) is 5.28. The van der Waals surface area contributed by atoms with Crippen LogP contribution in [0, 0.1) is 26.6 Å². The van der Waals surface area contributed by atoms with Crippen LogP contribution in [0.25, 0.3) is 0 Å². The molecule has 3 fully saturated rings. The SMILES string of the molecule is CC.CCCc1ccc(C2CCCCN2C(=O)c2c(C)cccc2F)cc1.CCN1CCCCC1c1ccc(NC2CCCC2)cc1.Cc1ccc(NC=O)cc1C(F)(F)F.Cc1ccc(NC=O)cc1C(F)(F)F. The Morgan fingerprint density at radius 2 is 1.08 bits per heavy atom. The standard InChI is InChI=1S/C22H26FNO.C18H28N2.2C9H8F3NO.C2H6/c1-3-7-17-11-13-18(14-12-17)20-10-4-5-15-24(20)22(25)21-16(2)8-6-9-19(21)23;1-2-20-14-6-5-9-18(20)15-10-12-17(13-11-15)19-16-7-3-4-8-16;2*1-6-2-3-7(13-5-14)4-8(6)9(10,11)12;1-2/h6,8-9,11-14,20H,3-5,7,10,15H2,1-2H3;10-13,16,18-19H,2-9,14H2,1H3;2*2-5H,1H3,(H,13,14);1-2H3. The van der Waals surface area contributed by atoms with Gasteiger partial charge in [0.15, 0.2) is 0 Å². The van der Waals surface area contributed by atoms with Crippen LogP contribution in [-0.2, 0) is 28.4 Å². The van der Waals surface area contributed by atoms with Gasteiger partial charge >= 0.3 is 12.4 Å². The lowest BCUT2D eigenvalue weighted by molar-refractivity contribution is -0.138. The minimum Gasteiger partial charge on any atom is -0.382 e. The van der Waals surface area contributed by atoms with Crippen molar-refractivity contribution in [1.29, 1.82) is 0 Å². The predicted molar refractivity (Wildman–Crippen MR) is 288 cm³/mol. The summed E-state index contributed by atoms with van der Waals surface area (Å²) >= 11 is 0. The molecular formula is C60H76F7N5O3. The van der Waals surface area contributed by atoms with Crippen molar-refractivity contribution in [2.24, 2.45) is 0 Å². The van der Waals surface area contributed by atoms with E-state index in [0.29, 0.717) is 37.0 Å². The zero-order chi connectivity index (χ0) is 55.1. The van der Waals surface area contributed by atoms with E-state index in [9.17, 15) is 45.1 Å². The number of amides is 3. The second-order valence-electron chi connectivity index (χ2n) is 18.9. The first-order valence-electron chi connectivity index (χ1n) is 26.4. The number of alkyl halides is 6. The Bertz CT molecular complexity index is 2440. The molecule has 1 saturated carbocycles. The van der Waals surface area contributed by atoms with Crippen molar-refractivity contribution in [3.63, 3.8) is 0 Å². The second-order valence-corrected chi connectivity index (χ2v) is 18.9. The maximum atomic E-state index is 14.3. The molecule has 1 aliphatic carbocycles. The molecule has 8 rings (SSSR count). The number of carbonyl (C=O) groups excluding carboxylic acids is 3. The number of anilines is 3. The number of aryl methyl sites for hydroxylation is 4. The molecule has 2 heterocycles. The van der Waals surface area contributed by atoms with E-state index in [4.69, 9.17) is 0 Å². The Labute approximate surface area is 439 Å². The number of halogens is 7. The van der Waals surface area contributed by atoms with Gasteiger partial charge in [-0.15, -0.1) is 0 Å². The van der Waals surface area contributed by atoms with Gasteiger partial charge in [-0.1, -0.05) is 114 Å². The number of nitrogens with one attached hydrogen (secondary N) is 3. The lowest BCUT2D eigenvalue weighted by Crippen LogP contribution is -2.39. The highest BCUT2D eigenvalue weighted by molar-refractivity contribution is 5.96. The smallest absolute Gasteiger partial charge is 0.382 e. The van der Waals surface area contributed by atoms with Crippen LogP contribution in [0.2, 0.25) is 0 Å². The van der Waals surface area contributed by atoms with Gasteiger partial charge in [0.05, 0.1) is 22.7 Å². The third kappa shape index (κ3) is 18.5. The molecule has 75 heavy (non-hydrogen) atoms. The predicted octanol–water partition coefficient (Wildman–Crippen LogP) is 16.2. The van der Waals surface area contributed by atoms with Gasteiger partial charge in [-0.25, -0.2) is 4.39 Å². The molecule has 3 amide bonds. The lowest BCUT2D eigenvalue weighted by atomic mass is 9.93. The van der Waals surface area contributed by atoms with Gasteiger partial charge in [0.1, 0.15) is 5.82 Å². The van der Waals surface area contributed by atoms with E-state index in [0.717, 1.165) is 49.8 Å². The molecule has 8 nitrogen and oxygen atoms in total. The lowest BCUT2D eigenvalue weighted by Gasteiger charge is -2.36. The number of benzene rings is 5. The number of rotatable bonds is 12. The van der Waals surface area contributed by atoms with Gasteiger partial charge in [0, 0.05) is 35.7 Å². The highest BCUT2D eigenvalue weighted by Gasteiger charge is 2.34. The van der Waals surface area contributed by atoms with Crippen molar-refractivity contribution >= 4 is 35.8 Å². The fourth-order valence-electron chi connectivity index (χ4n) is 9.79. The van der Waals surface area contributed by atoms with Crippen molar-refractivity contribution in [1.82, 2.24) is 9.80 Å². The van der Waals surface area contributed by atoms with E-state index in [-0.39, 0.29) is 40.0 Å². The molecule has 2 saturated heterocycles.